The van der Waals surface area contributed by atoms with E-state index >= 15 is 0 Å². The van der Waals surface area contributed by atoms with Crippen molar-refractivity contribution in [3.63, 3.8) is 0 Å². The van der Waals surface area contributed by atoms with Gasteiger partial charge in [0.1, 0.15) is 0 Å². The van der Waals surface area contributed by atoms with Gasteiger partial charge in [0.2, 0.25) is 5.91 Å². The molecule has 1 saturated carbocycles. The second kappa shape index (κ2) is 10.6. The molecule has 2 heterocycles. The molecule has 0 bridgehead atoms. The molecule has 0 saturated heterocycles. The molecule has 2 aromatic rings. The van der Waals surface area contributed by atoms with Gasteiger partial charge in [0.25, 0.3) is 0 Å². The van der Waals surface area contributed by atoms with Crippen LogP contribution in [0.25, 0.3) is 5.57 Å². The van der Waals surface area contributed by atoms with Crippen LogP contribution in [0.1, 0.15) is 42.8 Å². The highest BCUT2D eigenvalue weighted by molar-refractivity contribution is 6.30. The molecule has 0 spiro atoms. The van der Waals surface area contributed by atoms with Crippen molar-refractivity contribution in [3.05, 3.63) is 53.0 Å². The van der Waals surface area contributed by atoms with E-state index in [0.29, 0.717) is 41.6 Å². The van der Waals surface area contributed by atoms with Crippen molar-refractivity contribution in [2.24, 2.45) is 5.92 Å². The predicted molar refractivity (Wildman–Crippen MR) is 118 cm³/mol. The highest BCUT2D eigenvalue weighted by Gasteiger charge is 2.28. The minimum absolute atomic E-state index is 0.00436. The van der Waals surface area contributed by atoms with Crippen LogP contribution >= 0.6 is 11.6 Å². The molecule has 0 unspecified atom stereocenters. The van der Waals surface area contributed by atoms with E-state index in [-0.39, 0.29) is 23.7 Å². The van der Waals surface area contributed by atoms with E-state index in [2.05, 4.69) is 32.2 Å². The lowest BCUT2D eigenvalue weighted by Crippen LogP contribution is -2.38. The number of halogens is 2. The average Bonchev–Trinajstić information content (AvgIpc) is 2.77. The number of hydrogen-bond acceptors (Lipinski definition) is 6. The Bertz CT molecular complexity index is 955. The zero-order valence-electron chi connectivity index (χ0n) is 17.8. The van der Waals surface area contributed by atoms with Crippen molar-refractivity contribution in [1.82, 2.24) is 20.3 Å². The summed E-state index contributed by atoms with van der Waals surface area (Å²) in [6.07, 6.45) is 5.80. The fourth-order valence-electron chi connectivity index (χ4n) is 3.72. The van der Waals surface area contributed by atoms with E-state index in [0.717, 1.165) is 31.2 Å². The van der Waals surface area contributed by atoms with E-state index < -0.39 is 5.82 Å². The molecule has 31 heavy (non-hydrogen) atoms. The van der Waals surface area contributed by atoms with Crippen LogP contribution in [0.3, 0.4) is 0 Å². The van der Waals surface area contributed by atoms with Crippen LogP contribution in [0.15, 0.2) is 25.0 Å². The summed E-state index contributed by atoms with van der Waals surface area (Å²) in [5, 5.41) is 6.51. The van der Waals surface area contributed by atoms with Crippen LogP contribution in [0.2, 0.25) is 5.02 Å². The van der Waals surface area contributed by atoms with Gasteiger partial charge in [-0.1, -0.05) is 24.6 Å². The number of anilines is 1. The summed E-state index contributed by atoms with van der Waals surface area (Å²) in [5.41, 5.74) is 1.94. The van der Waals surface area contributed by atoms with Crippen molar-refractivity contribution >= 4 is 28.9 Å². The van der Waals surface area contributed by atoms with Gasteiger partial charge in [0, 0.05) is 48.6 Å². The van der Waals surface area contributed by atoms with Crippen molar-refractivity contribution in [1.29, 1.82) is 0 Å². The number of methoxy groups -OCH3 is 1. The molecular formula is C22H27ClFN5O2. The van der Waals surface area contributed by atoms with Crippen LogP contribution < -0.4 is 10.6 Å². The van der Waals surface area contributed by atoms with Gasteiger partial charge >= 0.3 is 0 Å². The van der Waals surface area contributed by atoms with Gasteiger partial charge in [-0.3, -0.25) is 9.78 Å². The van der Waals surface area contributed by atoms with Crippen molar-refractivity contribution in [2.75, 3.05) is 25.6 Å². The molecule has 2 atom stereocenters. The van der Waals surface area contributed by atoms with E-state index in [1.807, 2.05) is 6.92 Å². The van der Waals surface area contributed by atoms with Gasteiger partial charge in [-0.25, -0.2) is 14.4 Å². The molecule has 1 fully saturated rings. The van der Waals surface area contributed by atoms with Crippen molar-refractivity contribution in [2.45, 2.75) is 38.6 Å². The summed E-state index contributed by atoms with van der Waals surface area (Å²) in [7, 11) is 1.59. The standard InChI is InChI=1S/C22H27ClFN5O2/c1-13(18-10-16(23)11-26-14(18)2)20-27-12-19(24)21(29-20)28-17-6-4-5-15(9-17)22(30)25-7-8-31-3/h10-12,15,17H,1,4-9H2,2-3H3,(H,25,30)(H,27,28,29)/t15-,17-/m1/s1. The van der Waals surface area contributed by atoms with Crippen LogP contribution in [0.4, 0.5) is 10.2 Å². The Hall–Kier alpha value is -2.58. The first kappa shape index (κ1) is 23.1. The van der Waals surface area contributed by atoms with E-state index in [1.54, 1.807) is 19.4 Å². The average molecular weight is 448 g/mol. The number of rotatable bonds is 8. The van der Waals surface area contributed by atoms with E-state index in [1.165, 1.54) is 0 Å². The molecule has 3 rings (SSSR count). The number of carbonyl (C=O) groups is 1. The Labute approximate surface area is 186 Å². The number of hydrogen-bond donors (Lipinski definition) is 2. The minimum Gasteiger partial charge on any atom is -0.383 e. The number of aryl methyl sites for hydroxylation is 1. The fourth-order valence-corrected chi connectivity index (χ4v) is 3.88. The van der Waals surface area contributed by atoms with Crippen LogP contribution in [0, 0.1) is 18.7 Å². The number of amides is 1. The summed E-state index contributed by atoms with van der Waals surface area (Å²) < 4.78 is 19.4. The van der Waals surface area contributed by atoms with E-state index in [4.69, 9.17) is 16.3 Å². The van der Waals surface area contributed by atoms with Gasteiger partial charge in [0.05, 0.1) is 17.8 Å². The number of pyridine rings is 1. The summed E-state index contributed by atoms with van der Waals surface area (Å²) in [5.74, 6) is -0.276. The molecule has 1 aliphatic rings. The smallest absolute Gasteiger partial charge is 0.223 e. The van der Waals surface area contributed by atoms with Crippen LogP contribution in [0.5, 0.6) is 0 Å². The molecule has 2 N–H and O–H groups in total. The largest absolute Gasteiger partial charge is 0.383 e. The monoisotopic (exact) mass is 447 g/mol. The first-order valence-corrected chi connectivity index (χ1v) is 10.6. The Kier molecular flexibility index (Phi) is 7.92. The van der Waals surface area contributed by atoms with E-state index in [9.17, 15) is 9.18 Å². The highest BCUT2D eigenvalue weighted by Crippen LogP contribution is 2.29. The van der Waals surface area contributed by atoms with Crippen molar-refractivity contribution in [3.8, 4) is 0 Å². The van der Waals surface area contributed by atoms with Gasteiger partial charge in [0.15, 0.2) is 17.5 Å². The second-order valence-electron chi connectivity index (χ2n) is 7.64. The maximum atomic E-state index is 14.5. The number of carbonyl (C=O) groups excluding carboxylic acids is 1. The first-order chi connectivity index (χ1) is 14.9. The molecule has 0 aromatic carbocycles. The SMILES string of the molecule is C=C(c1ncc(F)c(N[C@@H]2CCC[C@@H](C(=O)NCCOC)C2)n1)c1cc(Cl)cnc1C. The van der Waals surface area contributed by atoms with Crippen LogP contribution in [-0.2, 0) is 9.53 Å². The third kappa shape index (κ3) is 5.98. The van der Waals surface area contributed by atoms with Crippen molar-refractivity contribution < 1.29 is 13.9 Å². The normalized spacial score (nSPS) is 18.5. The maximum Gasteiger partial charge on any atom is 0.223 e. The zero-order valence-corrected chi connectivity index (χ0v) is 18.5. The highest BCUT2D eigenvalue weighted by atomic mass is 35.5. The topological polar surface area (TPSA) is 89.0 Å². The predicted octanol–water partition coefficient (Wildman–Crippen LogP) is 3.77. The Morgan fingerprint density at radius 1 is 1.35 bits per heavy atom. The Morgan fingerprint density at radius 3 is 2.94 bits per heavy atom. The lowest BCUT2D eigenvalue weighted by atomic mass is 9.85. The van der Waals surface area contributed by atoms with Gasteiger partial charge < -0.3 is 15.4 Å². The molecule has 166 valence electrons. The zero-order chi connectivity index (χ0) is 22.4. The maximum absolute atomic E-state index is 14.5. The third-order valence-electron chi connectivity index (χ3n) is 5.38. The molecule has 7 nitrogen and oxygen atoms in total. The van der Waals surface area contributed by atoms with Gasteiger partial charge in [-0.15, -0.1) is 0 Å². The lowest BCUT2D eigenvalue weighted by Gasteiger charge is -2.29. The molecular weight excluding hydrogens is 421 g/mol. The third-order valence-corrected chi connectivity index (χ3v) is 5.59. The fraction of sp³-hybridized carbons (Fsp3) is 0.455. The van der Waals surface area contributed by atoms with Crippen LogP contribution in [-0.4, -0.2) is 47.2 Å². The summed E-state index contributed by atoms with van der Waals surface area (Å²) >= 11 is 6.06. The minimum atomic E-state index is -0.552. The quantitative estimate of drug-likeness (QED) is 0.599. The number of ether oxygens (including phenoxy) is 1. The number of nitrogens with one attached hydrogen (secondary N) is 2. The number of nitrogens with zero attached hydrogens (tertiary/aromatic N) is 3. The van der Waals surface area contributed by atoms with Gasteiger partial charge in [-0.05, 0) is 32.3 Å². The molecule has 2 aromatic heterocycles. The summed E-state index contributed by atoms with van der Waals surface area (Å²) in [6.45, 7) is 6.83. The summed E-state index contributed by atoms with van der Waals surface area (Å²) in [6, 6.07) is 1.67. The van der Waals surface area contributed by atoms with Gasteiger partial charge in [-0.2, -0.15) is 0 Å². The number of aromatic nitrogens is 3. The lowest BCUT2D eigenvalue weighted by molar-refractivity contribution is -0.126. The molecule has 0 radical (unpaired) electrons. The molecule has 1 amide bonds. The summed E-state index contributed by atoms with van der Waals surface area (Å²) in [4.78, 5) is 25.1. The molecule has 0 aliphatic heterocycles. The molecule has 9 heteroatoms. The first-order valence-electron chi connectivity index (χ1n) is 10.3. The molecule has 1 aliphatic carbocycles. The Balaban J connectivity index is 1.71. The Morgan fingerprint density at radius 2 is 2.16 bits per heavy atom. The second-order valence-corrected chi connectivity index (χ2v) is 8.08.